The monoisotopic (exact) mass is 748 g/mol. The lowest BCUT2D eigenvalue weighted by Crippen LogP contribution is -2.35. The molecule has 0 N–H and O–H groups in total. The average Bonchev–Trinajstić information content (AvgIpc) is 3.60. The normalized spacial score (nSPS) is 14.3. The molecule has 1 aliphatic rings. The Hall–Kier alpha value is -6.64. The molecule has 0 saturated carbocycles. The lowest BCUT2D eigenvalue weighted by atomic mass is 9.62. The second kappa shape index (κ2) is 14.1. The molecule has 9 aromatic rings. The van der Waals surface area contributed by atoms with Crippen LogP contribution in [0.4, 0.5) is 17.1 Å². The molecular formula is C56H48N2. The Labute approximate surface area is 342 Å². The smallest absolute Gasteiger partial charge is 0.0541 e. The van der Waals surface area contributed by atoms with Gasteiger partial charge in [0.05, 0.1) is 22.4 Å². The molecule has 0 bridgehead atoms. The molecule has 1 aliphatic carbocycles. The van der Waals surface area contributed by atoms with Gasteiger partial charge in [0, 0.05) is 27.7 Å². The minimum atomic E-state index is 0.0695. The Bertz CT molecular complexity index is 2830. The number of rotatable bonds is 7. The number of benzene rings is 8. The number of hydrogen-bond acceptors (Lipinski definition) is 1. The van der Waals surface area contributed by atoms with Gasteiger partial charge >= 0.3 is 0 Å². The average molecular weight is 749 g/mol. The van der Waals surface area contributed by atoms with Gasteiger partial charge in [-0.05, 0) is 117 Å². The number of hydrogen-bond donors (Lipinski definition) is 0. The van der Waals surface area contributed by atoms with Gasteiger partial charge in [-0.25, -0.2) is 0 Å². The molecule has 0 fully saturated rings. The van der Waals surface area contributed by atoms with E-state index in [1.54, 1.807) is 0 Å². The molecule has 2 nitrogen and oxygen atoms in total. The van der Waals surface area contributed by atoms with Crippen molar-refractivity contribution in [1.29, 1.82) is 0 Å². The maximum absolute atomic E-state index is 2.54. The standard InChI is InChI=1S/C56H48N2/c1-55(2)36-37-56(3,4)54-49(55)22-15-25-53(54)58-51-24-14-12-21-47(51)48-38-43(30-35-52(48)58)46-20-11-13-23-50(46)57(44-31-26-41(27-32-44)39-16-7-5-8-17-39)45-33-28-42(29-34-45)40-18-9-6-10-19-40/h5-35,38H,36-37H2,1-4H3. The van der Waals surface area contributed by atoms with E-state index in [0.29, 0.717) is 0 Å². The van der Waals surface area contributed by atoms with E-state index in [0.717, 1.165) is 17.1 Å². The number of fused-ring (bicyclic) bond motifs is 4. The van der Waals surface area contributed by atoms with Crippen LogP contribution in [0.15, 0.2) is 194 Å². The minimum Gasteiger partial charge on any atom is -0.310 e. The highest BCUT2D eigenvalue weighted by Gasteiger charge is 2.39. The highest BCUT2D eigenvalue weighted by atomic mass is 15.1. The van der Waals surface area contributed by atoms with Gasteiger partial charge in [-0.3, -0.25) is 0 Å². The Morgan fingerprint density at radius 2 is 0.931 bits per heavy atom. The van der Waals surface area contributed by atoms with Crippen LogP contribution in [0, 0.1) is 0 Å². The highest BCUT2D eigenvalue weighted by molar-refractivity contribution is 6.11. The maximum atomic E-state index is 2.54. The van der Waals surface area contributed by atoms with Crippen LogP contribution in [0.25, 0.3) is 60.9 Å². The highest BCUT2D eigenvalue weighted by Crippen LogP contribution is 2.50. The molecule has 0 radical (unpaired) electrons. The van der Waals surface area contributed by atoms with Gasteiger partial charge in [-0.2, -0.15) is 0 Å². The molecular weight excluding hydrogens is 701 g/mol. The summed E-state index contributed by atoms with van der Waals surface area (Å²) in [6.07, 6.45) is 2.36. The molecule has 0 saturated heterocycles. The second-order valence-electron chi connectivity index (χ2n) is 17.2. The predicted octanol–water partition coefficient (Wildman–Crippen LogP) is 15.6. The van der Waals surface area contributed by atoms with E-state index >= 15 is 0 Å². The molecule has 58 heavy (non-hydrogen) atoms. The van der Waals surface area contributed by atoms with Crippen molar-refractivity contribution in [2.75, 3.05) is 4.90 Å². The van der Waals surface area contributed by atoms with E-state index in [4.69, 9.17) is 0 Å². The van der Waals surface area contributed by atoms with Crippen molar-refractivity contribution in [3.05, 3.63) is 205 Å². The van der Waals surface area contributed by atoms with Crippen molar-refractivity contribution >= 4 is 38.9 Å². The van der Waals surface area contributed by atoms with Gasteiger partial charge in [0.2, 0.25) is 0 Å². The summed E-state index contributed by atoms with van der Waals surface area (Å²) in [6, 6.07) is 71.1. The van der Waals surface area contributed by atoms with E-state index in [9.17, 15) is 0 Å². The van der Waals surface area contributed by atoms with Crippen LogP contribution in [-0.4, -0.2) is 4.57 Å². The maximum Gasteiger partial charge on any atom is 0.0541 e. The van der Waals surface area contributed by atoms with E-state index in [-0.39, 0.29) is 10.8 Å². The largest absolute Gasteiger partial charge is 0.310 e. The molecule has 0 unspecified atom stereocenters. The van der Waals surface area contributed by atoms with Gasteiger partial charge in [0.25, 0.3) is 0 Å². The van der Waals surface area contributed by atoms with Gasteiger partial charge in [0.1, 0.15) is 0 Å². The van der Waals surface area contributed by atoms with Crippen LogP contribution >= 0.6 is 0 Å². The number of nitrogens with zero attached hydrogens (tertiary/aromatic N) is 2. The summed E-state index contributed by atoms with van der Waals surface area (Å²) in [6.45, 7) is 9.70. The topological polar surface area (TPSA) is 8.17 Å². The van der Waals surface area contributed by atoms with E-state index < -0.39 is 0 Å². The van der Waals surface area contributed by atoms with Crippen LogP contribution in [-0.2, 0) is 10.8 Å². The summed E-state index contributed by atoms with van der Waals surface area (Å²) in [5, 5.41) is 2.53. The zero-order valence-electron chi connectivity index (χ0n) is 33.8. The van der Waals surface area contributed by atoms with Crippen LogP contribution in [0.5, 0.6) is 0 Å². The summed E-state index contributed by atoms with van der Waals surface area (Å²) in [4.78, 5) is 2.41. The molecule has 282 valence electrons. The molecule has 2 heteroatoms. The Kier molecular flexibility index (Phi) is 8.68. The third-order valence-corrected chi connectivity index (χ3v) is 12.7. The van der Waals surface area contributed by atoms with Crippen molar-refractivity contribution in [2.24, 2.45) is 0 Å². The summed E-state index contributed by atoms with van der Waals surface area (Å²) in [5.41, 5.74) is 17.5. The minimum absolute atomic E-state index is 0.0695. The third-order valence-electron chi connectivity index (χ3n) is 12.7. The Morgan fingerprint density at radius 3 is 1.59 bits per heavy atom. The first-order valence-corrected chi connectivity index (χ1v) is 20.6. The first kappa shape index (κ1) is 35.8. The fourth-order valence-corrected chi connectivity index (χ4v) is 9.49. The van der Waals surface area contributed by atoms with Gasteiger partial charge < -0.3 is 9.47 Å². The van der Waals surface area contributed by atoms with Crippen LogP contribution < -0.4 is 4.90 Å². The molecule has 0 spiro atoms. The van der Waals surface area contributed by atoms with Crippen molar-refractivity contribution < 1.29 is 0 Å². The van der Waals surface area contributed by atoms with Crippen LogP contribution in [0.3, 0.4) is 0 Å². The first-order chi connectivity index (χ1) is 28.3. The Balaban J connectivity index is 1.14. The fraction of sp³-hybridized carbons (Fsp3) is 0.143. The third kappa shape index (κ3) is 6.12. The SMILES string of the molecule is CC1(C)CCC(C)(C)c2c(-n3c4ccccc4c4cc(-c5ccccc5N(c5ccc(-c6ccccc6)cc5)c5ccc(-c6ccccc6)cc5)ccc43)cccc21. The van der Waals surface area contributed by atoms with Crippen molar-refractivity contribution in [3.8, 4) is 39.1 Å². The Morgan fingerprint density at radius 1 is 0.414 bits per heavy atom. The lowest BCUT2D eigenvalue weighted by molar-refractivity contribution is 0.331. The summed E-state index contributed by atoms with van der Waals surface area (Å²) in [5.74, 6) is 0. The number of anilines is 3. The zero-order valence-corrected chi connectivity index (χ0v) is 33.8. The number of aromatic nitrogens is 1. The lowest BCUT2D eigenvalue weighted by Gasteiger charge is -2.43. The van der Waals surface area contributed by atoms with E-state index in [1.807, 2.05) is 0 Å². The summed E-state index contributed by atoms with van der Waals surface area (Å²) in [7, 11) is 0. The van der Waals surface area contributed by atoms with Gasteiger partial charge in [0.15, 0.2) is 0 Å². The van der Waals surface area contributed by atoms with Gasteiger partial charge in [-0.1, -0.05) is 167 Å². The number of para-hydroxylation sites is 2. The van der Waals surface area contributed by atoms with E-state index in [1.165, 1.54) is 84.8 Å². The molecule has 1 heterocycles. The molecule has 10 rings (SSSR count). The van der Waals surface area contributed by atoms with Crippen LogP contribution in [0.1, 0.15) is 51.7 Å². The zero-order chi connectivity index (χ0) is 39.4. The summed E-state index contributed by atoms with van der Waals surface area (Å²) >= 11 is 0. The second-order valence-corrected chi connectivity index (χ2v) is 17.2. The van der Waals surface area contributed by atoms with Crippen LogP contribution in [0.2, 0.25) is 0 Å². The molecule has 0 amide bonds. The first-order valence-electron chi connectivity index (χ1n) is 20.6. The van der Waals surface area contributed by atoms with Crippen molar-refractivity contribution in [3.63, 3.8) is 0 Å². The molecule has 8 aromatic carbocycles. The van der Waals surface area contributed by atoms with Crippen molar-refractivity contribution in [2.45, 2.75) is 51.4 Å². The molecule has 0 aliphatic heterocycles. The summed E-state index contributed by atoms with van der Waals surface area (Å²) < 4.78 is 2.54. The quantitative estimate of drug-likeness (QED) is 0.158. The van der Waals surface area contributed by atoms with Gasteiger partial charge in [-0.15, -0.1) is 0 Å². The van der Waals surface area contributed by atoms with E-state index in [2.05, 4.69) is 231 Å². The molecule has 1 aromatic heterocycles. The van der Waals surface area contributed by atoms with Crippen molar-refractivity contribution in [1.82, 2.24) is 4.57 Å². The fourth-order valence-electron chi connectivity index (χ4n) is 9.49. The molecule has 0 atom stereocenters. The predicted molar refractivity (Wildman–Crippen MR) is 247 cm³/mol.